The average Bonchev–Trinajstić information content (AvgIpc) is 3.63. The number of hydrogen-bond donors (Lipinski definition) is 1. The standard InChI is InChI=1S/C29H28F2N8O/c1-37(2)29(40)27-9-6-19(15-38(27)16-22-23(30)4-3-5-24(22)31)26-17-39(36-34-26)20-7-8-25-21(14-20)28(35-33-25)18-10-12-32-13-11-18/h3-5,7-8,10-14,17,19,27H,6,9,15-16H2,1-2H3,(H,33,35)/t19-,27+/m1/s1. The first-order chi connectivity index (χ1) is 19.4. The number of aromatic nitrogens is 6. The van der Waals surface area contributed by atoms with Crippen LogP contribution in [0.1, 0.15) is 30.0 Å². The van der Waals surface area contributed by atoms with Crippen LogP contribution in [0.25, 0.3) is 27.8 Å². The summed E-state index contributed by atoms with van der Waals surface area (Å²) in [6, 6.07) is 13.1. The third-order valence-corrected chi connectivity index (χ3v) is 7.53. The fourth-order valence-electron chi connectivity index (χ4n) is 5.39. The van der Waals surface area contributed by atoms with Crippen molar-refractivity contribution in [1.82, 2.24) is 40.0 Å². The Morgan fingerprint density at radius 2 is 1.85 bits per heavy atom. The predicted molar refractivity (Wildman–Crippen MR) is 145 cm³/mol. The molecule has 0 unspecified atom stereocenters. The number of amides is 1. The van der Waals surface area contributed by atoms with Gasteiger partial charge in [-0.25, -0.2) is 13.5 Å². The number of H-pyrrole nitrogens is 1. The molecule has 0 radical (unpaired) electrons. The molecule has 1 amide bonds. The number of hydrogen-bond acceptors (Lipinski definition) is 6. The zero-order chi connectivity index (χ0) is 27.8. The number of piperidine rings is 1. The maximum atomic E-state index is 14.5. The van der Waals surface area contributed by atoms with E-state index in [1.165, 1.54) is 23.1 Å². The van der Waals surface area contributed by atoms with Crippen molar-refractivity contribution in [3.05, 3.63) is 90.0 Å². The molecule has 204 valence electrons. The van der Waals surface area contributed by atoms with Crippen molar-refractivity contribution >= 4 is 16.8 Å². The van der Waals surface area contributed by atoms with Crippen molar-refractivity contribution in [3.8, 4) is 16.9 Å². The van der Waals surface area contributed by atoms with Crippen LogP contribution in [-0.4, -0.2) is 72.6 Å². The van der Waals surface area contributed by atoms with Crippen LogP contribution in [0.3, 0.4) is 0 Å². The highest BCUT2D eigenvalue weighted by molar-refractivity contribution is 5.94. The number of fused-ring (bicyclic) bond motifs is 1. The largest absolute Gasteiger partial charge is 0.347 e. The van der Waals surface area contributed by atoms with Gasteiger partial charge in [-0.15, -0.1) is 5.10 Å². The highest BCUT2D eigenvalue weighted by Crippen LogP contribution is 2.33. The molecule has 3 aromatic heterocycles. The SMILES string of the molecule is CN(C)C(=O)[C@@H]1CC[C@@H](c2cn(-c3ccc4[nH]nc(-c5ccncc5)c4c3)nn2)CN1Cc1c(F)cccc1F. The number of carbonyl (C=O) groups is 1. The van der Waals surface area contributed by atoms with Gasteiger partial charge in [0.1, 0.15) is 17.3 Å². The van der Waals surface area contributed by atoms with E-state index in [9.17, 15) is 13.6 Å². The molecule has 1 fully saturated rings. The van der Waals surface area contributed by atoms with Crippen molar-refractivity contribution in [2.45, 2.75) is 31.3 Å². The van der Waals surface area contributed by atoms with Gasteiger partial charge in [0.05, 0.1) is 29.1 Å². The quantitative estimate of drug-likeness (QED) is 0.343. The van der Waals surface area contributed by atoms with E-state index in [4.69, 9.17) is 0 Å². The summed E-state index contributed by atoms with van der Waals surface area (Å²) in [5.41, 5.74) is 4.21. The highest BCUT2D eigenvalue weighted by atomic mass is 19.1. The number of halogens is 2. The van der Waals surface area contributed by atoms with Crippen LogP contribution in [0.2, 0.25) is 0 Å². The van der Waals surface area contributed by atoms with Crippen LogP contribution in [-0.2, 0) is 11.3 Å². The van der Waals surface area contributed by atoms with E-state index in [0.717, 1.165) is 33.5 Å². The molecule has 4 heterocycles. The molecule has 0 bridgehead atoms. The van der Waals surface area contributed by atoms with E-state index < -0.39 is 17.7 Å². The van der Waals surface area contributed by atoms with Crippen LogP contribution in [0.4, 0.5) is 8.78 Å². The smallest absolute Gasteiger partial charge is 0.239 e. The zero-order valence-electron chi connectivity index (χ0n) is 22.1. The summed E-state index contributed by atoms with van der Waals surface area (Å²) >= 11 is 0. The predicted octanol–water partition coefficient (Wildman–Crippen LogP) is 4.32. The van der Waals surface area contributed by atoms with Crippen LogP contribution in [0, 0.1) is 11.6 Å². The lowest BCUT2D eigenvalue weighted by molar-refractivity contribution is -0.136. The van der Waals surface area contributed by atoms with Crippen LogP contribution in [0.5, 0.6) is 0 Å². The third-order valence-electron chi connectivity index (χ3n) is 7.53. The van der Waals surface area contributed by atoms with Gasteiger partial charge in [-0.1, -0.05) is 11.3 Å². The highest BCUT2D eigenvalue weighted by Gasteiger charge is 2.36. The van der Waals surface area contributed by atoms with E-state index in [1.54, 1.807) is 31.2 Å². The number of likely N-dealkylation sites (N-methyl/N-ethyl adjacent to an activating group) is 1. The van der Waals surface area contributed by atoms with Gasteiger partial charge in [-0.05, 0) is 55.3 Å². The Hall–Kier alpha value is -4.51. The fourth-order valence-corrected chi connectivity index (χ4v) is 5.39. The minimum Gasteiger partial charge on any atom is -0.347 e. The molecule has 9 nitrogen and oxygen atoms in total. The minimum absolute atomic E-state index is 0.0116. The maximum Gasteiger partial charge on any atom is 0.239 e. The Morgan fingerprint density at radius 3 is 2.60 bits per heavy atom. The number of nitrogens with zero attached hydrogens (tertiary/aromatic N) is 7. The Kier molecular flexibility index (Phi) is 6.81. The van der Waals surface area contributed by atoms with Gasteiger partial charge < -0.3 is 4.90 Å². The normalized spacial score (nSPS) is 17.8. The Bertz CT molecular complexity index is 1650. The molecular formula is C29H28F2N8O. The number of likely N-dealkylation sites (tertiary alicyclic amines) is 1. The van der Waals surface area contributed by atoms with Gasteiger partial charge in [-0.2, -0.15) is 5.10 Å². The summed E-state index contributed by atoms with van der Waals surface area (Å²) in [6.07, 6.45) is 6.59. The van der Waals surface area contributed by atoms with Crippen molar-refractivity contribution in [1.29, 1.82) is 0 Å². The first kappa shape index (κ1) is 25.8. The molecule has 0 saturated carbocycles. The van der Waals surface area contributed by atoms with Gasteiger partial charge in [0.2, 0.25) is 5.91 Å². The van der Waals surface area contributed by atoms with Crippen LogP contribution in [0.15, 0.2) is 67.1 Å². The summed E-state index contributed by atoms with van der Waals surface area (Å²) < 4.78 is 30.8. The van der Waals surface area contributed by atoms with E-state index in [1.807, 2.05) is 41.4 Å². The first-order valence-corrected chi connectivity index (χ1v) is 13.1. The van der Waals surface area contributed by atoms with Crippen molar-refractivity contribution in [3.63, 3.8) is 0 Å². The maximum absolute atomic E-state index is 14.5. The van der Waals surface area contributed by atoms with E-state index in [0.29, 0.717) is 19.4 Å². The third kappa shape index (κ3) is 4.84. The summed E-state index contributed by atoms with van der Waals surface area (Å²) in [5, 5.41) is 17.3. The molecule has 1 aliphatic heterocycles. The molecule has 6 rings (SSSR count). The number of benzene rings is 2. The molecule has 5 aromatic rings. The van der Waals surface area contributed by atoms with Gasteiger partial charge in [0, 0.05) is 62.0 Å². The summed E-state index contributed by atoms with van der Waals surface area (Å²) in [6.45, 7) is 0.409. The number of aromatic amines is 1. The van der Waals surface area contributed by atoms with E-state index in [-0.39, 0.29) is 23.9 Å². The lowest BCUT2D eigenvalue weighted by Gasteiger charge is -2.39. The van der Waals surface area contributed by atoms with E-state index in [2.05, 4.69) is 25.5 Å². The second kappa shape index (κ2) is 10.6. The van der Waals surface area contributed by atoms with Gasteiger partial charge in [0.25, 0.3) is 0 Å². The Balaban J connectivity index is 1.27. The molecule has 1 saturated heterocycles. The lowest BCUT2D eigenvalue weighted by Crippen LogP contribution is -2.50. The number of nitrogens with one attached hydrogen (secondary N) is 1. The average molecular weight is 543 g/mol. The van der Waals surface area contributed by atoms with Crippen LogP contribution < -0.4 is 0 Å². The van der Waals surface area contributed by atoms with Crippen LogP contribution >= 0.6 is 0 Å². The monoisotopic (exact) mass is 542 g/mol. The van der Waals surface area contributed by atoms with Gasteiger partial charge in [0.15, 0.2) is 0 Å². The first-order valence-electron chi connectivity index (χ1n) is 13.1. The van der Waals surface area contributed by atoms with Gasteiger partial charge in [-0.3, -0.25) is 19.8 Å². The second-order valence-corrected chi connectivity index (χ2v) is 10.3. The number of rotatable bonds is 6. The molecule has 1 aliphatic rings. The number of carbonyl (C=O) groups excluding carboxylic acids is 1. The molecular weight excluding hydrogens is 514 g/mol. The lowest BCUT2D eigenvalue weighted by atomic mass is 9.89. The minimum atomic E-state index is -0.620. The molecule has 40 heavy (non-hydrogen) atoms. The van der Waals surface area contributed by atoms with E-state index >= 15 is 0 Å². The summed E-state index contributed by atoms with van der Waals surface area (Å²) in [7, 11) is 3.39. The summed E-state index contributed by atoms with van der Waals surface area (Å²) in [5.74, 6) is -1.38. The van der Waals surface area contributed by atoms with Gasteiger partial charge >= 0.3 is 0 Å². The molecule has 2 aromatic carbocycles. The van der Waals surface area contributed by atoms with Crippen molar-refractivity contribution < 1.29 is 13.6 Å². The Labute approximate surface area is 229 Å². The molecule has 1 N–H and O–H groups in total. The Morgan fingerprint density at radius 1 is 1.07 bits per heavy atom. The van der Waals surface area contributed by atoms with Crippen molar-refractivity contribution in [2.75, 3.05) is 20.6 Å². The van der Waals surface area contributed by atoms with Crippen molar-refractivity contribution in [2.24, 2.45) is 0 Å². The number of pyridine rings is 1. The summed E-state index contributed by atoms with van der Waals surface area (Å²) in [4.78, 5) is 20.4. The molecule has 0 spiro atoms. The molecule has 11 heteroatoms. The molecule has 2 atom stereocenters. The second-order valence-electron chi connectivity index (χ2n) is 10.3. The topological polar surface area (TPSA) is 95.8 Å². The molecule has 0 aliphatic carbocycles. The fraction of sp³-hybridized carbons (Fsp3) is 0.276. The zero-order valence-corrected chi connectivity index (χ0v) is 22.1.